The summed E-state index contributed by atoms with van der Waals surface area (Å²) in [5.74, 6) is 0.256. The number of carbonyl (C=O) groups is 1. The van der Waals surface area contributed by atoms with E-state index in [-0.39, 0.29) is 11.7 Å². The molecule has 3 heterocycles. The lowest BCUT2D eigenvalue weighted by atomic mass is 10.1. The van der Waals surface area contributed by atoms with E-state index in [4.69, 9.17) is 4.74 Å². The normalized spacial score (nSPS) is 16.5. The fourth-order valence-corrected chi connectivity index (χ4v) is 3.39. The number of anilines is 2. The number of amides is 1. The number of aryl methyl sites for hydroxylation is 1. The Hall–Kier alpha value is -3.42. The van der Waals surface area contributed by atoms with Crippen LogP contribution in [0.25, 0.3) is 11.1 Å². The summed E-state index contributed by atoms with van der Waals surface area (Å²) in [7, 11) is 1.41. The summed E-state index contributed by atoms with van der Waals surface area (Å²) < 4.78 is 18.6. The number of H-pyrrole nitrogens is 1. The van der Waals surface area contributed by atoms with E-state index < -0.39 is 11.9 Å². The topological polar surface area (TPSA) is 83.1 Å². The quantitative estimate of drug-likeness (QED) is 0.709. The second-order valence-corrected chi connectivity index (χ2v) is 6.61. The third-order valence-corrected chi connectivity index (χ3v) is 4.85. The van der Waals surface area contributed by atoms with Gasteiger partial charge in [0, 0.05) is 41.3 Å². The van der Waals surface area contributed by atoms with Crippen LogP contribution in [0.3, 0.4) is 0 Å². The van der Waals surface area contributed by atoms with Crippen LogP contribution in [0.4, 0.5) is 15.9 Å². The van der Waals surface area contributed by atoms with Gasteiger partial charge in [-0.2, -0.15) is 5.10 Å². The Bertz CT molecular complexity index is 1010. The number of halogens is 1. The summed E-state index contributed by atoms with van der Waals surface area (Å²) in [4.78, 5) is 19.1. The summed E-state index contributed by atoms with van der Waals surface area (Å²) in [5, 5.41) is 9.91. The number of ether oxygens (including phenoxy) is 1. The molecule has 1 aromatic carbocycles. The first-order valence-corrected chi connectivity index (χ1v) is 8.95. The first-order chi connectivity index (χ1) is 13.6. The number of hydrogen-bond donors (Lipinski definition) is 2. The number of rotatable bonds is 5. The smallest absolute Gasteiger partial charge is 0.250 e. The molecule has 1 unspecified atom stereocenters. The van der Waals surface area contributed by atoms with Crippen molar-refractivity contribution in [1.29, 1.82) is 0 Å². The number of methoxy groups -OCH3 is 1. The maximum atomic E-state index is 13.6. The standard InChI is InChI=1S/C20H20FN5O2/c1-12-15(13-10-22-23-11-13)4-6-19(24-12)26-8-7-17(20(26)27)25-14-3-5-16(21)18(9-14)28-2/h3-6,9-11,17,25H,7-8H2,1-2H3,(H,22,23). The lowest BCUT2D eigenvalue weighted by Gasteiger charge is -2.18. The van der Waals surface area contributed by atoms with Crippen LogP contribution < -0.4 is 15.0 Å². The molecule has 3 aromatic rings. The highest BCUT2D eigenvalue weighted by molar-refractivity contribution is 6.00. The Morgan fingerprint density at radius 2 is 2.18 bits per heavy atom. The highest BCUT2D eigenvalue weighted by Crippen LogP contribution is 2.28. The second-order valence-electron chi connectivity index (χ2n) is 6.61. The highest BCUT2D eigenvalue weighted by atomic mass is 19.1. The molecule has 7 nitrogen and oxygen atoms in total. The molecule has 1 aliphatic heterocycles. The zero-order chi connectivity index (χ0) is 19.7. The van der Waals surface area contributed by atoms with E-state index in [9.17, 15) is 9.18 Å². The number of pyridine rings is 1. The molecule has 1 aliphatic rings. The largest absolute Gasteiger partial charge is 0.494 e. The lowest BCUT2D eigenvalue weighted by molar-refractivity contribution is -0.117. The number of aromatic nitrogens is 3. The number of nitrogens with zero attached hydrogens (tertiary/aromatic N) is 3. The first kappa shape index (κ1) is 18.0. The van der Waals surface area contributed by atoms with Gasteiger partial charge in [-0.1, -0.05) is 0 Å². The average molecular weight is 381 g/mol. The number of hydrogen-bond acceptors (Lipinski definition) is 5. The van der Waals surface area contributed by atoms with E-state index in [1.54, 1.807) is 23.2 Å². The number of nitrogens with one attached hydrogen (secondary N) is 2. The van der Waals surface area contributed by atoms with Gasteiger partial charge in [-0.3, -0.25) is 14.8 Å². The van der Waals surface area contributed by atoms with Gasteiger partial charge >= 0.3 is 0 Å². The van der Waals surface area contributed by atoms with Crippen LogP contribution in [0.5, 0.6) is 5.75 Å². The molecule has 0 bridgehead atoms. The van der Waals surface area contributed by atoms with Gasteiger partial charge in [-0.15, -0.1) is 0 Å². The predicted octanol–water partition coefficient (Wildman–Crippen LogP) is 3.15. The molecule has 1 amide bonds. The Kier molecular flexibility index (Phi) is 4.68. The molecule has 28 heavy (non-hydrogen) atoms. The van der Waals surface area contributed by atoms with Crippen LogP contribution in [-0.4, -0.2) is 40.8 Å². The molecule has 144 valence electrons. The summed E-state index contributed by atoms with van der Waals surface area (Å²) in [6.07, 6.45) is 4.17. The van der Waals surface area contributed by atoms with Gasteiger partial charge in [-0.05, 0) is 37.6 Å². The lowest BCUT2D eigenvalue weighted by Crippen LogP contribution is -2.34. The van der Waals surface area contributed by atoms with Gasteiger partial charge in [-0.25, -0.2) is 9.37 Å². The van der Waals surface area contributed by atoms with Crippen LogP contribution in [0, 0.1) is 12.7 Å². The summed E-state index contributed by atoms with van der Waals surface area (Å²) in [6, 6.07) is 7.85. The van der Waals surface area contributed by atoms with E-state index in [1.807, 2.05) is 25.3 Å². The Morgan fingerprint density at radius 1 is 1.32 bits per heavy atom. The second kappa shape index (κ2) is 7.30. The van der Waals surface area contributed by atoms with Crippen LogP contribution in [0.1, 0.15) is 12.1 Å². The maximum absolute atomic E-state index is 13.6. The molecular formula is C20H20FN5O2. The average Bonchev–Trinajstić information content (AvgIpc) is 3.34. The van der Waals surface area contributed by atoms with E-state index >= 15 is 0 Å². The molecule has 4 rings (SSSR count). The maximum Gasteiger partial charge on any atom is 0.250 e. The van der Waals surface area contributed by atoms with E-state index in [1.165, 1.54) is 13.2 Å². The Balaban J connectivity index is 1.51. The van der Waals surface area contributed by atoms with E-state index in [0.29, 0.717) is 24.5 Å². The van der Waals surface area contributed by atoms with Gasteiger partial charge in [0.2, 0.25) is 0 Å². The Labute approximate surface area is 161 Å². The van der Waals surface area contributed by atoms with Crippen molar-refractivity contribution in [3.63, 3.8) is 0 Å². The summed E-state index contributed by atoms with van der Waals surface area (Å²) in [6.45, 7) is 2.47. The van der Waals surface area contributed by atoms with Crippen molar-refractivity contribution < 1.29 is 13.9 Å². The predicted molar refractivity (Wildman–Crippen MR) is 104 cm³/mol. The minimum atomic E-state index is -0.440. The number of benzene rings is 1. The molecule has 1 atom stereocenters. The minimum absolute atomic E-state index is 0.0637. The zero-order valence-corrected chi connectivity index (χ0v) is 15.6. The third kappa shape index (κ3) is 3.28. The van der Waals surface area contributed by atoms with Crippen LogP contribution in [0.15, 0.2) is 42.7 Å². The van der Waals surface area contributed by atoms with Crippen molar-refractivity contribution in [3.8, 4) is 16.9 Å². The van der Waals surface area contributed by atoms with Crippen LogP contribution in [0.2, 0.25) is 0 Å². The van der Waals surface area contributed by atoms with Gasteiger partial charge in [0.1, 0.15) is 11.9 Å². The molecule has 1 saturated heterocycles. The molecule has 8 heteroatoms. The van der Waals surface area contributed by atoms with Crippen molar-refractivity contribution in [2.24, 2.45) is 0 Å². The third-order valence-electron chi connectivity index (χ3n) is 4.85. The van der Waals surface area contributed by atoms with Crippen molar-refractivity contribution in [2.45, 2.75) is 19.4 Å². The fraction of sp³-hybridized carbons (Fsp3) is 0.250. The molecule has 2 N–H and O–H groups in total. The van der Waals surface area contributed by atoms with E-state index in [2.05, 4.69) is 20.5 Å². The minimum Gasteiger partial charge on any atom is -0.494 e. The molecule has 0 radical (unpaired) electrons. The van der Waals surface area contributed by atoms with Crippen molar-refractivity contribution in [2.75, 3.05) is 23.9 Å². The fourth-order valence-electron chi connectivity index (χ4n) is 3.39. The molecule has 0 aliphatic carbocycles. The number of carbonyl (C=O) groups excluding carboxylic acids is 1. The SMILES string of the molecule is COc1cc(NC2CCN(c3ccc(-c4cn[nH]c4)c(C)n3)C2=O)ccc1F. The molecule has 1 fully saturated rings. The van der Waals surface area contributed by atoms with E-state index in [0.717, 1.165) is 16.8 Å². The highest BCUT2D eigenvalue weighted by Gasteiger charge is 2.33. The van der Waals surface area contributed by atoms with Gasteiger partial charge in [0.15, 0.2) is 11.6 Å². The molecule has 0 saturated carbocycles. The molecule has 2 aromatic heterocycles. The first-order valence-electron chi connectivity index (χ1n) is 8.95. The van der Waals surface area contributed by atoms with Gasteiger partial charge in [0.25, 0.3) is 5.91 Å². The van der Waals surface area contributed by atoms with Gasteiger partial charge < -0.3 is 10.1 Å². The molecule has 0 spiro atoms. The zero-order valence-electron chi connectivity index (χ0n) is 15.6. The summed E-state index contributed by atoms with van der Waals surface area (Å²) >= 11 is 0. The number of aromatic amines is 1. The van der Waals surface area contributed by atoms with Crippen molar-refractivity contribution >= 4 is 17.4 Å². The monoisotopic (exact) mass is 381 g/mol. The van der Waals surface area contributed by atoms with Gasteiger partial charge in [0.05, 0.1) is 13.3 Å². The Morgan fingerprint density at radius 3 is 2.89 bits per heavy atom. The van der Waals surface area contributed by atoms with Crippen molar-refractivity contribution in [1.82, 2.24) is 15.2 Å². The van der Waals surface area contributed by atoms with Crippen molar-refractivity contribution in [3.05, 3.63) is 54.2 Å². The van der Waals surface area contributed by atoms with Crippen LogP contribution >= 0.6 is 0 Å². The molecular weight excluding hydrogens is 361 g/mol. The summed E-state index contributed by atoms with van der Waals surface area (Å²) in [5.41, 5.74) is 3.38. The van der Waals surface area contributed by atoms with Crippen LogP contribution in [-0.2, 0) is 4.79 Å².